The Bertz CT molecular complexity index is 806. The first-order valence-corrected chi connectivity index (χ1v) is 9.11. The van der Waals surface area contributed by atoms with Gasteiger partial charge in [-0.1, -0.05) is 48.5 Å². The average Bonchev–Trinajstić information content (AvgIpc) is 3.54. The van der Waals surface area contributed by atoms with Gasteiger partial charge in [0.1, 0.15) is 12.3 Å². The second-order valence-electron chi connectivity index (χ2n) is 6.44. The number of ether oxygens (including phenoxy) is 2. The number of carbonyl (C=O) groups is 3. The average molecular weight is 382 g/mol. The Morgan fingerprint density at radius 1 is 0.964 bits per heavy atom. The summed E-state index contributed by atoms with van der Waals surface area (Å²) >= 11 is 0. The zero-order chi connectivity index (χ0) is 19.8. The molecule has 1 aliphatic carbocycles. The van der Waals surface area contributed by atoms with Gasteiger partial charge in [0.05, 0.1) is 0 Å². The highest BCUT2D eigenvalue weighted by atomic mass is 16.5. The van der Waals surface area contributed by atoms with Crippen molar-refractivity contribution in [2.75, 3.05) is 13.2 Å². The lowest BCUT2D eigenvalue weighted by atomic mass is 10.1. The van der Waals surface area contributed by atoms with Crippen LogP contribution in [0.1, 0.15) is 24.5 Å². The third-order valence-electron chi connectivity index (χ3n) is 4.06. The number of para-hydroxylation sites is 1. The Hall–Kier alpha value is -3.35. The van der Waals surface area contributed by atoms with Crippen LogP contribution in [-0.2, 0) is 19.1 Å². The third kappa shape index (κ3) is 6.12. The van der Waals surface area contributed by atoms with Crippen LogP contribution in [0.25, 0.3) is 0 Å². The van der Waals surface area contributed by atoms with Crippen LogP contribution in [0.2, 0.25) is 0 Å². The summed E-state index contributed by atoms with van der Waals surface area (Å²) in [6, 6.07) is 17.8. The van der Waals surface area contributed by atoms with Crippen molar-refractivity contribution in [2.45, 2.75) is 25.0 Å². The van der Waals surface area contributed by atoms with E-state index in [1.165, 1.54) is 0 Å². The molecule has 2 aromatic carbocycles. The van der Waals surface area contributed by atoms with Gasteiger partial charge in [0, 0.05) is 11.6 Å². The molecule has 7 heteroatoms. The number of rotatable bonds is 9. The van der Waals surface area contributed by atoms with Crippen LogP contribution in [-0.4, -0.2) is 37.0 Å². The molecule has 1 atom stereocenters. The van der Waals surface area contributed by atoms with Gasteiger partial charge in [0.2, 0.25) is 6.10 Å². The van der Waals surface area contributed by atoms with E-state index in [1.54, 1.807) is 48.5 Å². The fourth-order valence-corrected chi connectivity index (χ4v) is 2.47. The summed E-state index contributed by atoms with van der Waals surface area (Å²) < 4.78 is 10.6. The van der Waals surface area contributed by atoms with Crippen LogP contribution >= 0.6 is 0 Å². The van der Waals surface area contributed by atoms with E-state index in [0.29, 0.717) is 11.3 Å². The number of hydrogen-bond acceptors (Lipinski definition) is 5. The second kappa shape index (κ2) is 9.55. The molecule has 146 valence electrons. The Morgan fingerprint density at radius 2 is 1.61 bits per heavy atom. The SMILES string of the molecule is O=C(COc1ccccc1)NCC(=O)O[C@H](C(=O)NC1CC1)c1ccccc1. The zero-order valence-corrected chi connectivity index (χ0v) is 15.3. The molecule has 28 heavy (non-hydrogen) atoms. The molecule has 0 bridgehead atoms. The van der Waals surface area contributed by atoms with Gasteiger partial charge in [-0.3, -0.25) is 14.4 Å². The molecule has 1 saturated carbocycles. The fourth-order valence-electron chi connectivity index (χ4n) is 2.47. The van der Waals surface area contributed by atoms with Crippen molar-refractivity contribution in [1.29, 1.82) is 0 Å². The highest BCUT2D eigenvalue weighted by Crippen LogP contribution is 2.23. The number of carbonyl (C=O) groups excluding carboxylic acids is 3. The van der Waals surface area contributed by atoms with E-state index in [4.69, 9.17) is 9.47 Å². The maximum absolute atomic E-state index is 12.4. The molecule has 2 N–H and O–H groups in total. The number of amides is 2. The molecule has 1 fully saturated rings. The van der Waals surface area contributed by atoms with Crippen molar-refractivity contribution in [3.05, 3.63) is 66.2 Å². The van der Waals surface area contributed by atoms with E-state index in [2.05, 4.69) is 10.6 Å². The predicted molar refractivity (Wildman–Crippen MR) is 101 cm³/mol. The molecular weight excluding hydrogens is 360 g/mol. The summed E-state index contributed by atoms with van der Waals surface area (Å²) in [4.78, 5) is 36.4. The molecule has 7 nitrogen and oxygen atoms in total. The summed E-state index contributed by atoms with van der Waals surface area (Å²) in [6.07, 6.45) is 0.809. The van der Waals surface area contributed by atoms with Crippen molar-refractivity contribution < 1.29 is 23.9 Å². The first-order chi connectivity index (χ1) is 13.6. The van der Waals surface area contributed by atoms with Crippen molar-refractivity contribution in [2.24, 2.45) is 0 Å². The summed E-state index contributed by atoms with van der Waals surface area (Å²) in [6.45, 7) is -0.571. The summed E-state index contributed by atoms with van der Waals surface area (Å²) in [7, 11) is 0. The van der Waals surface area contributed by atoms with Crippen molar-refractivity contribution in [3.63, 3.8) is 0 Å². The van der Waals surface area contributed by atoms with Crippen LogP contribution in [0.3, 0.4) is 0 Å². The highest BCUT2D eigenvalue weighted by Gasteiger charge is 2.30. The number of esters is 1. The monoisotopic (exact) mass is 382 g/mol. The van der Waals surface area contributed by atoms with Gasteiger partial charge in [-0.05, 0) is 25.0 Å². The van der Waals surface area contributed by atoms with Gasteiger partial charge in [-0.15, -0.1) is 0 Å². The Labute approximate surface area is 163 Å². The topological polar surface area (TPSA) is 93.7 Å². The second-order valence-corrected chi connectivity index (χ2v) is 6.44. The van der Waals surface area contributed by atoms with Gasteiger partial charge in [0.15, 0.2) is 6.61 Å². The maximum Gasteiger partial charge on any atom is 0.326 e. The molecule has 0 saturated heterocycles. The van der Waals surface area contributed by atoms with E-state index < -0.39 is 18.0 Å². The first-order valence-electron chi connectivity index (χ1n) is 9.11. The van der Waals surface area contributed by atoms with E-state index in [0.717, 1.165) is 12.8 Å². The summed E-state index contributed by atoms with van der Waals surface area (Å²) in [5.41, 5.74) is 0.577. The predicted octanol–water partition coefficient (Wildman–Crippen LogP) is 1.74. The van der Waals surface area contributed by atoms with E-state index >= 15 is 0 Å². The van der Waals surface area contributed by atoms with E-state index in [1.807, 2.05) is 12.1 Å². The lowest BCUT2D eigenvalue weighted by Gasteiger charge is -2.18. The molecule has 1 aliphatic rings. The van der Waals surface area contributed by atoms with E-state index in [-0.39, 0.29) is 25.1 Å². The maximum atomic E-state index is 12.4. The smallest absolute Gasteiger partial charge is 0.326 e. The molecule has 0 aliphatic heterocycles. The van der Waals surface area contributed by atoms with Gasteiger partial charge in [-0.2, -0.15) is 0 Å². The highest BCUT2D eigenvalue weighted by molar-refractivity contribution is 5.87. The first kappa shape index (κ1) is 19.4. The number of benzene rings is 2. The minimum atomic E-state index is -1.05. The summed E-state index contributed by atoms with van der Waals surface area (Å²) in [5, 5.41) is 5.27. The molecule has 2 aromatic rings. The quantitative estimate of drug-likeness (QED) is 0.645. The van der Waals surface area contributed by atoms with Crippen LogP contribution in [0.4, 0.5) is 0 Å². The Balaban J connectivity index is 1.48. The van der Waals surface area contributed by atoms with Crippen LogP contribution < -0.4 is 15.4 Å². The van der Waals surface area contributed by atoms with Gasteiger partial charge >= 0.3 is 5.97 Å². The third-order valence-corrected chi connectivity index (χ3v) is 4.06. The Morgan fingerprint density at radius 3 is 2.25 bits per heavy atom. The van der Waals surface area contributed by atoms with Gasteiger partial charge in [-0.25, -0.2) is 0 Å². The minimum absolute atomic E-state index is 0.146. The fraction of sp³-hybridized carbons (Fsp3) is 0.286. The lowest BCUT2D eigenvalue weighted by Crippen LogP contribution is -2.37. The zero-order valence-electron chi connectivity index (χ0n) is 15.3. The lowest BCUT2D eigenvalue weighted by molar-refractivity contribution is -0.156. The van der Waals surface area contributed by atoms with Crippen LogP contribution in [0.15, 0.2) is 60.7 Å². The summed E-state index contributed by atoms with van der Waals surface area (Å²) in [5.74, 6) is -0.964. The molecule has 0 unspecified atom stereocenters. The Kier molecular flexibility index (Phi) is 6.62. The molecule has 2 amide bonds. The molecular formula is C21H22N2O5. The number of hydrogen-bond donors (Lipinski definition) is 2. The molecule has 0 spiro atoms. The van der Waals surface area contributed by atoms with Gasteiger partial charge in [0.25, 0.3) is 11.8 Å². The van der Waals surface area contributed by atoms with Crippen molar-refractivity contribution in [1.82, 2.24) is 10.6 Å². The standard InChI is InChI=1S/C21H22N2O5/c24-18(14-27-17-9-5-2-6-10-17)22-13-19(25)28-20(15-7-3-1-4-8-15)21(26)23-16-11-12-16/h1-10,16,20H,11-14H2,(H,22,24)(H,23,26)/t20-/m0/s1. The normalized spacial score (nSPS) is 13.9. The van der Waals surface area contributed by atoms with Crippen molar-refractivity contribution >= 4 is 17.8 Å². The van der Waals surface area contributed by atoms with Crippen LogP contribution in [0, 0.1) is 0 Å². The van der Waals surface area contributed by atoms with Gasteiger partial charge < -0.3 is 20.1 Å². The largest absolute Gasteiger partial charge is 0.484 e. The number of nitrogens with one attached hydrogen (secondary N) is 2. The molecule has 0 aromatic heterocycles. The molecule has 0 heterocycles. The van der Waals surface area contributed by atoms with Crippen molar-refractivity contribution in [3.8, 4) is 5.75 Å². The van der Waals surface area contributed by atoms with E-state index in [9.17, 15) is 14.4 Å². The molecule has 0 radical (unpaired) electrons. The minimum Gasteiger partial charge on any atom is -0.484 e. The van der Waals surface area contributed by atoms with Crippen LogP contribution in [0.5, 0.6) is 5.75 Å². The molecule has 3 rings (SSSR count).